The minimum Gasteiger partial charge on any atom is -0.497 e. The molecule has 0 bridgehead atoms. The number of hydrogen-bond acceptors (Lipinski definition) is 4. The molecule has 0 aliphatic carbocycles. The van der Waals surface area contributed by atoms with E-state index < -0.39 is 0 Å². The minimum atomic E-state index is -0.0443. The van der Waals surface area contributed by atoms with Gasteiger partial charge in [-0.2, -0.15) is 0 Å². The molecule has 2 aliphatic heterocycles. The van der Waals surface area contributed by atoms with Gasteiger partial charge >= 0.3 is 0 Å². The number of aliphatic hydroxyl groups is 1. The second-order valence-corrected chi connectivity index (χ2v) is 7.55. The lowest BCUT2D eigenvalue weighted by atomic mass is 9.73. The summed E-state index contributed by atoms with van der Waals surface area (Å²) in [5, 5.41) is 9.22. The lowest BCUT2D eigenvalue weighted by Gasteiger charge is -2.48. The fraction of sp³-hybridized carbons (Fsp3) is 0.600. The van der Waals surface area contributed by atoms with Crippen molar-refractivity contribution in [2.45, 2.75) is 32.6 Å². The number of β-amino-alcohol motifs (C(OH)–C–C–N with tert-alkyl or cyclic N) is 1. The van der Waals surface area contributed by atoms with Gasteiger partial charge in [0, 0.05) is 43.6 Å². The molecule has 1 atom stereocenters. The fourth-order valence-electron chi connectivity index (χ4n) is 4.31. The van der Waals surface area contributed by atoms with Crippen LogP contribution >= 0.6 is 0 Å². The maximum atomic E-state index is 13.1. The average Bonchev–Trinajstić information content (AvgIpc) is 2.64. The maximum Gasteiger partial charge on any atom is 0.254 e. The zero-order valence-electron chi connectivity index (χ0n) is 15.7. The lowest BCUT2D eigenvalue weighted by Crippen LogP contribution is -2.55. The predicted octanol–water partition coefficient (Wildman–Crippen LogP) is 1.84. The number of nitrogens with zero attached hydrogens (tertiary/aromatic N) is 2. The zero-order chi connectivity index (χ0) is 18.7. The smallest absolute Gasteiger partial charge is 0.254 e. The summed E-state index contributed by atoms with van der Waals surface area (Å²) in [4.78, 5) is 28.9. The summed E-state index contributed by atoms with van der Waals surface area (Å²) in [5.74, 6) is 0.911. The Bertz CT molecular complexity index is 690. The van der Waals surface area contributed by atoms with Gasteiger partial charge in [-0.3, -0.25) is 9.59 Å². The summed E-state index contributed by atoms with van der Waals surface area (Å²) < 4.78 is 5.23. The van der Waals surface area contributed by atoms with Crippen molar-refractivity contribution in [1.82, 2.24) is 9.80 Å². The van der Waals surface area contributed by atoms with Gasteiger partial charge in [0.1, 0.15) is 5.75 Å². The number of hydrogen-bond donors (Lipinski definition) is 1. The number of aryl methyl sites for hydroxylation is 1. The van der Waals surface area contributed by atoms with E-state index in [1.165, 1.54) is 0 Å². The number of amides is 2. The van der Waals surface area contributed by atoms with Crippen molar-refractivity contribution in [3.8, 4) is 5.75 Å². The van der Waals surface area contributed by atoms with E-state index in [0.29, 0.717) is 31.6 Å². The molecular weight excluding hydrogens is 332 g/mol. The van der Waals surface area contributed by atoms with E-state index >= 15 is 0 Å². The van der Waals surface area contributed by atoms with Gasteiger partial charge < -0.3 is 19.6 Å². The molecule has 2 heterocycles. The van der Waals surface area contributed by atoms with Crippen LogP contribution in [0.25, 0.3) is 0 Å². The molecule has 26 heavy (non-hydrogen) atoms. The zero-order valence-corrected chi connectivity index (χ0v) is 15.7. The Morgan fingerprint density at radius 1 is 1.31 bits per heavy atom. The van der Waals surface area contributed by atoms with Crippen molar-refractivity contribution in [2.75, 3.05) is 39.9 Å². The Morgan fingerprint density at radius 3 is 2.81 bits per heavy atom. The van der Waals surface area contributed by atoms with Crippen LogP contribution in [0.3, 0.4) is 0 Å². The Labute approximate surface area is 154 Å². The highest BCUT2D eigenvalue weighted by Crippen LogP contribution is 2.39. The minimum absolute atomic E-state index is 0.0183. The molecule has 0 saturated carbocycles. The fourth-order valence-corrected chi connectivity index (χ4v) is 4.31. The van der Waals surface area contributed by atoms with Crippen LogP contribution in [-0.2, 0) is 4.79 Å². The van der Waals surface area contributed by atoms with E-state index in [2.05, 4.69) is 0 Å². The number of carbonyl (C=O) groups is 2. The number of likely N-dealkylation sites (tertiary alicyclic amines) is 2. The van der Waals surface area contributed by atoms with Crippen LogP contribution in [0.1, 0.15) is 41.6 Å². The highest BCUT2D eigenvalue weighted by molar-refractivity contribution is 5.96. The van der Waals surface area contributed by atoms with Gasteiger partial charge in [-0.25, -0.2) is 0 Å². The van der Waals surface area contributed by atoms with E-state index in [9.17, 15) is 14.7 Å². The lowest BCUT2D eigenvalue weighted by molar-refractivity contribution is -0.139. The van der Waals surface area contributed by atoms with E-state index in [0.717, 1.165) is 37.1 Å². The first-order chi connectivity index (χ1) is 12.5. The molecule has 1 aromatic rings. The Kier molecular flexibility index (Phi) is 5.51. The van der Waals surface area contributed by atoms with Crippen LogP contribution in [0.5, 0.6) is 5.75 Å². The largest absolute Gasteiger partial charge is 0.497 e. The van der Waals surface area contributed by atoms with Crippen molar-refractivity contribution >= 4 is 11.8 Å². The Morgan fingerprint density at radius 2 is 2.12 bits per heavy atom. The van der Waals surface area contributed by atoms with Gasteiger partial charge in [0.15, 0.2) is 0 Å². The molecule has 6 nitrogen and oxygen atoms in total. The molecule has 1 aromatic carbocycles. The summed E-state index contributed by atoms with van der Waals surface area (Å²) in [6, 6.07) is 5.54. The van der Waals surface area contributed by atoms with Gasteiger partial charge in [0.05, 0.1) is 13.7 Å². The van der Waals surface area contributed by atoms with Gasteiger partial charge in [-0.05, 0) is 49.9 Å². The number of benzene rings is 1. The van der Waals surface area contributed by atoms with Crippen LogP contribution in [0.4, 0.5) is 0 Å². The SMILES string of the molecule is COc1ccc(C(=O)N2CCC[C@]3(CCC(=O)N(CCO)C3)C2)c(C)c1. The summed E-state index contributed by atoms with van der Waals surface area (Å²) in [7, 11) is 1.62. The van der Waals surface area contributed by atoms with E-state index in [-0.39, 0.29) is 23.8 Å². The Hall–Kier alpha value is -2.08. The van der Waals surface area contributed by atoms with Gasteiger partial charge in [0.25, 0.3) is 5.91 Å². The van der Waals surface area contributed by atoms with Gasteiger partial charge in [-0.1, -0.05) is 0 Å². The molecular formula is C20H28N2O4. The number of methoxy groups -OCH3 is 1. The first-order valence-electron chi connectivity index (χ1n) is 9.30. The first kappa shape index (κ1) is 18.7. The molecule has 1 spiro atoms. The van der Waals surface area contributed by atoms with Crippen molar-refractivity contribution in [3.63, 3.8) is 0 Å². The molecule has 3 rings (SSSR count). The first-order valence-corrected chi connectivity index (χ1v) is 9.30. The molecule has 2 aliphatic rings. The van der Waals surface area contributed by atoms with Crippen LogP contribution in [0.15, 0.2) is 18.2 Å². The third-order valence-corrected chi connectivity index (χ3v) is 5.73. The normalized spacial score (nSPS) is 23.4. The molecule has 2 fully saturated rings. The van der Waals surface area contributed by atoms with E-state index in [1.807, 2.05) is 30.0 Å². The quantitative estimate of drug-likeness (QED) is 0.889. The summed E-state index contributed by atoms with van der Waals surface area (Å²) in [6.07, 6.45) is 3.29. The average molecular weight is 360 g/mol. The number of ether oxygens (including phenoxy) is 1. The highest BCUT2D eigenvalue weighted by Gasteiger charge is 2.42. The predicted molar refractivity (Wildman–Crippen MR) is 98.2 cm³/mol. The standard InChI is InChI=1S/C20H28N2O4/c1-15-12-16(26-2)4-5-17(15)19(25)22-9-3-7-20(14-22)8-6-18(24)21(13-20)10-11-23/h4-5,12,23H,3,6-11,13-14H2,1-2H3/t20-/m1/s1. The van der Waals surface area contributed by atoms with E-state index in [1.54, 1.807) is 12.0 Å². The molecule has 6 heteroatoms. The van der Waals surface area contributed by atoms with Crippen molar-refractivity contribution < 1.29 is 19.4 Å². The molecule has 0 radical (unpaired) electrons. The second-order valence-electron chi connectivity index (χ2n) is 7.55. The summed E-state index contributed by atoms with van der Waals surface area (Å²) >= 11 is 0. The summed E-state index contributed by atoms with van der Waals surface area (Å²) in [5.41, 5.74) is 1.58. The molecule has 142 valence electrons. The second kappa shape index (κ2) is 7.66. The van der Waals surface area contributed by atoms with Gasteiger partial charge in [-0.15, -0.1) is 0 Å². The molecule has 2 amide bonds. The number of carbonyl (C=O) groups excluding carboxylic acids is 2. The Balaban J connectivity index is 1.75. The summed E-state index contributed by atoms with van der Waals surface area (Å²) in [6.45, 7) is 4.35. The van der Waals surface area contributed by atoms with Crippen LogP contribution in [-0.4, -0.2) is 66.6 Å². The highest BCUT2D eigenvalue weighted by atomic mass is 16.5. The van der Waals surface area contributed by atoms with Crippen molar-refractivity contribution in [1.29, 1.82) is 0 Å². The van der Waals surface area contributed by atoms with Gasteiger partial charge in [0.2, 0.25) is 5.91 Å². The van der Waals surface area contributed by atoms with Crippen LogP contribution < -0.4 is 4.74 Å². The van der Waals surface area contributed by atoms with Crippen molar-refractivity contribution in [3.05, 3.63) is 29.3 Å². The topological polar surface area (TPSA) is 70.1 Å². The monoisotopic (exact) mass is 360 g/mol. The maximum absolute atomic E-state index is 13.1. The third kappa shape index (κ3) is 3.70. The molecule has 0 aromatic heterocycles. The van der Waals surface area contributed by atoms with Crippen LogP contribution in [0.2, 0.25) is 0 Å². The number of rotatable bonds is 4. The van der Waals surface area contributed by atoms with E-state index in [4.69, 9.17) is 4.74 Å². The molecule has 1 N–H and O–H groups in total. The molecule has 2 saturated heterocycles. The number of piperidine rings is 2. The third-order valence-electron chi connectivity index (χ3n) is 5.73. The van der Waals surface area contributed by atoms with Crippen LogP contribution in [0, 0.1) is 12.3 Å². The van der Waals surface area contributed by atoms with Crippen molar-refractivity contribution in [2.24, 2.45) is 5.41 Å². The number of aliphatic hydroxyl groups excluding tert-OH is 1. The molecule has 0 unspecified atom stereocenters.